The molecule has 1 N–H and O–H groups in total. The number of carbonyl (C=O) groups is 1. The monoisotopic (exact) mass is 410 g/mol. The van der Waals surface area contributed by atoms with Crippen LogP contribution in [-0.4, -0.2) is 23.8 Å². The summed E-state index contributed by atoms with van der Waals surface area (Å²) in [5, 5.41) is 12.0. The lowest BCUT2D eigenvalue weighted by molar-refractivity contribution is -0.0250. The largest absolute Gasteiger partial charge is 0.488 e. The average Bonchev–Trinajstić information content (AvgIpc) is 2.42. The van der Waals surface area contributed by atoms with Crippen LogP contribution in [0.4, 0.5) is 4.79 Å². The molecule has 25 heavy (non-hydrogen) atoms. The average molecular weight is 411 g/mol. The van der Waals surface area contributed by atoms with Crippen LogP contribution in [0.15, 0.2) is 22.7 Å². The Morgan fingerprint density at radius 2 is 1.96 bits per heavy atom. The molecule has 0 bridgehead atoms. The molecule has 0 fully saturated rings. The third kappa shape index (κ3) is 7.78. The predicted octanol–water partition coefficient (Wildman–Crippen LogP) is 5.03. The highest BCUT2D eigenvalue weighted by atomic mass is 79.9. The van der Waals surface area contributed by atoms with Crippen LogP contribution in [0.5, 0.6) is 5.75 Å². The number of halogens is 1. The summed E-state index contributed by atoms with van der Waals surface area (Å²) < 4.78 is 12.3. The van der Waals surface area contributed by atoms with Crippen molar-refractivity contribution in [2.45, 2.75) is 59.1 Å². The number of nitriles is 1. The van der Waals surface area contributed by atoms with Crippen LogP contribution in [0, 0.1) is 17.2 Å². The van der Waals surface area contributed by atoms with Crippen molar-refractivity contribution >= 4 is 22.0 Å². The van der Waals surface area contributed by atoms with Crippen molar-refractivity contribution in [1.82, 2.24) is 5.32 Å². The Morgan fingerprint density at radius 1 is 1.32 bits per heavy atom. The minimum atomic E-state index is -0.802. The number of nitrogens with one attached hydrogen (secondary N) is 1. The third-order valence-corrected chi connectivity index (χ3v) is 3.74. The second kappa shape index (κ2) is 8.57. The first-order valence-electron chi connectivity index (χ1n) is 8.28. The Hall–Kier alpha value is -1.74. The summed E-state index contributed by atoms with van der Waals surface area (Å²) in [5.41, 5.74) is -0.750. The number of carbonyl (C=O) groups excluding carboxylic acids is 1. The molecule has 0 aliphatic rings. The lowest BCUT2D eigenvalue weighted by atomic mass is 9.95. The molecule has 138 valence electrons. The molecule has 1 aromatic carbocycles. The van der Waals surface area contributed by atoms with E-state index in [9.17, 15) is 10.1 Å². The molecule has 0 aliphatic heterocycles. The molecular weight excluding hydrogens is 384 g/mol. The van der Waals surface area contributed by atoms with Gasteiger partial charge in [-0.3, -0.25) is 0 Å². The second-order valence-corrected chi connectivity index (χ2v) is 8.77. The van der Waals surface area contributed by atoms with Gasteiger partial charge in [-0.25, -0.2) is 4.79 Å². The van der Waals surface area contributed by atoms with E-state index >= 15 is 0 Å². The van der Waals surface area contributed by atoms with E-state index in [0.717, 1.165) is 4.47 Å². The molecule has 1 amide bonds. The molecule has 6 heteroatoms. The van der Waals surface area contributed by atoms with Gasteiger partial charge in [-0.1, -0.05) is 29.8 Å². The van der Waals surface area contributed by atoms with Crippen molar-refractivity contribution in [3.05, 3.63) is 28.2 Å². The van der Waals surface area contributed by atoms with Crippen LogP contribution >= 0.6 is 15.9 Å². The Morgan fingerprint density at radius 3 is 2.48 bits per heavy atom. The van der Waals surface area contributed by atoms with Gasteiger partial charge in [0, 0.05) is 10.0 Å². The minimum absolute atomic E-state index is 0.166. The van der Waals surface area contributed by atoms with Crippen LogP contribution in [0.1, 0.15) is 53.5 Å². The molecule has 0 spiro atoms. The van der Waals surface area contributed by atoms with Crippen molar-refractivity contribution < 1.29 is 14.3 Å². The number of benzene rings is 1. The number of amides is 1. The van der Waals surface area contributed by atoms with Gasteiger partial charge in [-0.2, -0.15) is 5.26 Å². The fourth-order valence-electron chi connectivity index (χ4n) is 2.49. The summed E-state index contributed by atoms with van der Waals surface area (Å²) in [6, 6.07) is 7.35. The highest BCUT2D eigenvalue weighted by molar-refractivity contribution is 9.10. The molecule has 1 atom stereocenters. The number of hydrogen-bond acceptors (Lipinski definition) is 4. The maximum atomic E-state index is 12.2. The van der Waals surface area contributed by atoms with Crippen molar-refractivity contribution in [2.24, 2.45) is 5.92 Å². The number of ether oxygens (including phenoxy) is 2. The summed E-state index contributed by atoms with van der Waals surface area (Å²) in [6.07, 6.45) is 0.166. The Bertz CT molecular complexity index is 647. The molecule has 5 nitrogen and oxygen atoms in total. The SMILES string of the molecule is CC(C)C[C@@](C)(COc1ccc(Br)cc1C#N)OC(=O)NC(C)(C)C. The number of nitrogens with zero attached hydrogens (tertiary/aromatic N) is 1. The normalized spacial score (nSPS) is 13.7. The highest BCUT2D eigenvalue weighted by Crippen LogP contribution is 2.27. The second-order valence-electron chi connectivity index (χ2n) is 7.85. The molecule has 0 saturated carbocycles. The topological polar surface area (TPSA) is 71.3 Å². The van der Waals surface area contributed by atoms with Gasteiger partial charge >= 0.3 is 6.09 Å². The van der Waals surface area contributed by atoms with E-state index in [-0.39, 0.29) is 12.1 Å². The number of alkyl carbamates (subject to hydrolysis) is 1. The van der Waals surface area contributed by atoms with Gasteiger partial charge in [-0.05, 0) is 58.2 Å². The van der Waals surface area contributed by atoms with Gasteiger partial charge in [-0.15, -0.1) is 0 Å². The van der Waals surface area contributed by atoms with Gasteiger partial charge in [0.05, 0.1) is 5.56 Å². The van der Waals surface area contributed by atoms with E-state index in [2.05, 4.69) is 41.2 Å². The summed E-state index contributed by atoms with van der Waals surface area (Å²) >= 11 is 3.34. The van der Waals surface area contributed by atoms with E-state index in [1.165, 1.54) is 0 Å². The molecule has 1 rings (SSSR count). The van der Waals surface area contributed by atoms with Crippen LogP contribution in [0.2, 0.25) is 0 Å². The maximum absolute atomic E-state index is 12.2. The predicted molar refractivity (Wildman–Crippen MR) is 102 cm³/mol. The Balaban J connectivity index is 2.89. The first-order chi connectivity index (χ1) is 11.4. The van der Waals surface area contributed by atoms with Crippen LogP contribution in [0.25, 0.3) is 0 Å². The molecular formula is C19H27BrN2O3. The zero-order chi connectivity index (χ0) is 19.3. The lowest BCUT2D eigenvalue weighted by Crippen LogP contribution is -2.47. The first-order valence-corrected chi connectivity index (χ1v) is 9.07. The number of hydrogen-bond donors (Lipinski definition) is 1. The molecule has 1 aromatic rings. The molecule has 0 aliphatic carbocycles. The summed E-state index contributed by atoms with van der Waals surface area (Å²) in [4.78, 5) is 12.2. The van der Waals surface area contributed by atoms with Crippen LogP contribution in [0.3, 0.4) is 0 Å². The van der Waals surface area contributed by atoms with E-state index in [1.54, 1.807) is 12.1 Å². The van der Waals surface area contributed by atoms with Crippen molar-refractivity contribution in [1.29, 1.82) is 5.26 Å². The first kappa shape index (κ1) is 21.3. The Labute approximate surface area is 158 Å². The molecule has 0 unspecified atom stereocenters. The maximum Gasteiger partial charge on any atom is 0.408 e. The van der Waals surface area contributed by atoms with Crippen molar-refractivity contribution in [3.8, 4) is 11.8 Å². The van der Waals surface area contributed by atoms with E-state index < -0.39 is 11.7 Å². The quantitative estimate of drug-likeness (QED) is 0.713. The van der Waals surface area contributed by atoms with Gasteiger partial charge in [0.25, 0.3) is 0 Å². The molecule has 0 aromatic heterocycles. The zero-order valence-corrected chi connectivity index (χ0v) is 17.4. The van der Waals surface area contributed by atoms with Gasteiger partial charge in [0.2, 0.25) is 0 Å². The molecule has 0 radical (unpaired) electrons. The van der Waals surface area contributed by atoms with E-state index in [0.29, 0.717) is 23.7 Å². The molecule has 0 saturated heterocycles. The van der Waals surface area contributed by atoms with Gasteiger partial charge < -0.3 is 14.8 Å². The zero-order valence-electron chi connectivity index (χ0n) is 15.8. The highest BCUT2D eigenvalue weighted by Gasteiger charge is 2.32. The van der Waals surface area contributed by atoms with Crippen LogP contribution < -0.4 is 10.1 Å². The van der Waals surface area contributed by atoms with Crippen LogP contribution in [-0.2, 0) is 4.74 Å². The molecule has 0 heterocycles. The third-order valence-electron chi connectivity index (χ3n) is 3.25. The van der Waals surface area contributed by atoms with Crippen molar-refractivity contribution in [2.75, 3.05) is 6.61 Å². The Kier molecular flexibility index (Phi) is 7.30. The fraction of sp³-hybridized carbons (Fsp3) is 0.579. The van der Waals surface area contributed by atoms with E-state index in [1.807, 2.05) is 33.8 Å². The summed E-state index contributed by atoms with van der Waals surface area (Å²) in [6.45, 7) is 11.8. The lowest BCUT2D eigenvalue weighted by Gasteiger charge is -2.32. The smallest absolute Gasteiger partial charge is 0.408 e. The number of rotatable bonds is 6. The van der Waals surface area contributed by atoms with Crippen molar-refractivity contribution in [3.63, 3.8) is 0 Å². The fourth-order valence-corrected chi connectivity index (χ4v) is 2.86. The summed E-state index contributed by atoms with van der Waals surface area (Å²) in [5.74, 6) is 0.789. The van der Waals surface area contributed by atoms with Gasteiger partial charge in [0.15, 0.2) is 0 Å². The van der Waals surface area contributed by atoms with Gasteiger partial charge in [0.1, 0.15) is 24.0 Å². The summed E-state index contributed by atoms with van der Waals surface area (Å²) in [7, 11) is 0. The minimum Gasteiger partial charge on any atom is -0.488 e. The standard InChI is InChI=1S/C19H27BrN2O3/c1-13(2)10-19(6,25-17(23)22-18(3,4)5)12-24-16-8-7-15(20)9-14(16)11-21/h7-9,13H,10,12H2,1-6H3,(H,22,23)/t19-/m0/s1. The van der Waals surface area contributed by atoms with E-state index in [4.69, 9.17) is 9.47 Å².